The smallest absolute Gasteiger partial charge is 0.387 e. The number of nitriles is 1. The van der Waals surface area contributed by atoms with Gasteiger partial charge in [0.25, 0.3) is 0 Å². The predicted octanol–water partition coefficient (Wildman–Crippen LogP) is 1.09. The van der Waals surface area contributed by atoms with Gasteiger partial charge in [0.2, 0.25) is 0 Å². The van der Waals surface area contributed by atoms with Gasteiger partial charge in [0.05, 0.1) is 17.2 Å². The van der Waals surface area contributed by atoms with E-state index in [4.69, 9.17) is 10.4 Å². The van der Waals surface area contributed by atoms with Crippen LogP contribution in [0.5, 0.6) is 5.75 Å². The number of aliphatic carboxylic acids is 1. The summed E-state index contributed by atoms with van der Waals surface area (Å²) in [5.41, 5.74) is -1.22. The highest BCUT2D eigenvalue weighted by Crippen LogP contribution is 2.31. The summed E-state index contributed by atoms with van der Waals surface area (Å²) in [5.74, 6) is -2.47. The number of aldehydes is 1. The van der Waals surface area contributed by atoms with Crippen molar-refractivity contribution in [3.63, 3.8) is 0 Å². The van der Waals surface area contributed by atoms with Crippen LogP contribution in [-0.2, 0) is 4.79 Å². The standard InChI is InChI=1S/C11H7F2NO5/c12-11(13)19-7-2-5(4-15)1-6(3-14)8(7)9(16)10(17)18/h1-2,4,9,11,16H,(H,17,18). The highest BCUT2D eigenvalue weighted by Gasteiger charge is 2.26. The number of benzene rings is 1. The zero-order valence-corrected chi connectivity index (χ0v) is 9.21. The molecule has 1 atom stereocenters. The van der Waals surface area contributed by atoms with Gasteiger partial charge in [-0.2, -0.15) is 14.0 Å². The highest BCUT2D eigenvalue weighted by molar-refractivity contribution is 5.81. The maximum Gasteiger partial charge on any atom is 0.387 e. The van der Waals surface area contributed by atoms with Crippen LogP contribution in [0.1, 0.15) is 27.6 Å². The third-order valence-corrected chi connectivity index (χ3v) is 2.14. The number of nitrogens with zero attached hydrogens (tertiary/aromatic N) is 1. The molecule has 100 valence electrons. The molecule has 8 heteroatoms. The number of carbonyl (C=O) groups is 2. The topological polar surface area (TPSA) is 108 Å². The largest absolute Gasteiger partial charge is 0.479 e. The molecule has 0 saturated carbocycles. The first-order valence-corrected chi connectivity index (χ1v) is 4.79. The van der Waals surface area contributed by atoms with Crippen molar-refractivity contribution in [1.29, 1.82) is 5.26 Å². The predicted molar refractivity (Wildman–Crippen MR) is 55.8 cm³/mol. The second-order valence-electron chi connectivity index (χ2n) is 3.33. The summed E-state index contributed by atoms with van der Waals surface area (Å²) < 4.78 is 28.5. The van der Waals surface area contributed by atoms with Gasteiger partial charge >= 0.3 is 12.6 Å². The molecule has 0 amide bonds. The average Bonchev–Trinajstić information content (AvgIpc) is 2.35. The minimum absolute atomic E-state index is 0.159. The Hall–Kier alpha value is -2.53. The van der Waals surface area contributed by atoms with E-state index in [0.717, 1.165) is 12.1 Å². The minimum Gasteiger partial charge on any atom is -0.479 e. The van der Waals surface area contributed by atoms with Gasteiger partial charge in [0.15, 0.2) is 6.10 Å². The Balaban J connectivity index is 3.50. The van der Waals surface area contributed by atoms with Gasteiger partial charge < -0.3 is 14.9 Å². The number of carboxylic acid groups (broad SMARTS) is 1. The summed E-state index contributed by atoms with van der Waals surface area (Å²) in [4.78, 5) is 21.3. The van der Waals surface area contributed by atoms with Crippen molar-refractivity contribution in [2.45, 2.75) is 12.7 Å². The lowest BCUT2D eigenvalue weighted by molar-refractivity contribution is -0.147. The summed E-state index contributed by atoms with van der Waals surface area (Å²) in [7, 11) is 0. The fourth-order valence-electron chi connectivity index (χ4n) is 1.41. The number of alkyl halides is 2. The lowest BCUT2D eigenvalue weighted by atomic mass is 9.99. The molecule has 0 aliphatic carbocycles. The molecule has 0 spiro atoms. The molecule has 0 radical (unpaired) electrons. The van der Waals surface area contributed by atoms with Crippen LogP contribution in [0.2, 0.25) is 0 Å². The van der Waals surface area contributed by atoms with Gasteiger partial charge in [0, 0.05) is 5.56 Å². The molecule has 1 aromatic carbocycles. The third-order valence-electron chi connectivity index (χ3n) is 2.14. The number of carbonyl (C=O) groups excluding carboxylic acids is 1. The van der Waals surface area contributed by atoms with Crippen molar-refractivity contribution < 1.29 is 33.3 Å². The molecule has 19 heavy (non-hydrogen) atoms. The summed E-state index contributed by atoms with van der Waals surface area (Å²) in [6, 6.07) is 3.30. The molecular formula is C11H7F2NO5. The van der Waals surface area contributed by atoms with Crippen LogP contribution in [0.3, 0.4) is 0 Å². The first-order chi connectivity index (χ1) is 8.90. The van der Waals surface area contributed by atoms with Crippen LogP contribution < -0.4 is 4.74 Å². The number of carboxylic acids is 1. The van der Waals surface area contributed by atoms with Gasteiger partial charge in [-0.1, -0.05) is 0 Å². The molecule has 0 heterocycles. The lowest BCUT2D eigenvalue weighted by Crippen LogP contribution is -2.15. The van der Waals surface area contributed by atoms with E-state index in [1.807, 2.05) is 0 Å². The number of hydrogen-bond acceptors (Lipinski definition) is 5. The number of aliphatic hydroxyl groups is 1. The van der Waals surface area contributed by atoms with Crippen molar-refractivity contribution >= 4 is 12.3 Å². The van der Waals surface area contributed by atoms with Crippen LogP contribution in [0.4, 0.5) is 8.78 Å². The van der Waals surface area contributed by atoms with Gasteiger partial charge in [0.1, 0.15) is 12.0 Å². The molecule has 6 nitrogen and oxygen atoms in total. The molecule has 0 fully saturated rings. The quantitative estimate of drug-likeness (QED) is 0.776. The summed E-state index contributed by atoms with van der Waals surface area (Å²) >= 11 is 0. The van der Waals surface area contributed by atoms with Crippen LogP contribution in [-0.4, -0.2) is 29.1 Å². The average molecular weight is 271 g/mol. The Kier molecular flexibility index (Phi) is 4.50. The van der Waals surface area contributed by atoms with Crippen LogP contribution >= 0.6 is 0 Å². The minimum atomic E-state index is -3.30. The lowest BCUT2D eigenvalue weighted by Gasteiger charge is -2.15. The second kappa shape index (κ2) is 5.88. The molecule has 0 saturated heterocycles. The van der Waals surface area contributed by atoms with E-state index < -0.39 is 35.6 Å². The number of hydrogen-bond donors (Lipinski definition) is 2. The maximum atomic E-state index is 12.2. The van der Waals surface area contributed by atoms with E-state index >= 15 is 0 Å². The first kappa shape index (κ1) is 14.5. The molecule has 0 aliphatic heterocycles. The van der Waals surface area contributed by atoms with E-state index in [1.54, 1.807) is 0 Å². The van der Waals surface area contributed by atoms with Gasteiger partial charge in [-0.15, -0.1) is 0 Å². The monoisotopic (exact) mass is 271 g/mol. The molecule has 0 aliphatic rings. The first-order valence-electron chi connectivity index (χ1n) is 4.79. The summed E-state index contributed by atoms with van der Waals surface area (Å²) in [5, 5.41) is 26.9. The molecule has 2 N–H and O–H groups in total. The van der Waals surface area contributed by atoms with Crippen molar-refractivity contribution in [2.75, 3.05) is 0 Å². The SMILES string of the molecule is N#Cc1cc(C=O)cc(OC(F)F)c1C(O)C(=O)O. The summed E-state index contributed by atoms with van der Waals surface area (Å²) in [6.45, 7) is -3.30. The number of halogens is 2. The maximum absolute atomic E-state index is 12.2. The Morgan fingerprint density at radius 2 is 2.11 bits per heavy atom. The summed E-state index contributed by atoms with van der Waals surface area (Å²) in [6.07, 6.45) is -1.94. The van der Waals surface area contributed by atoms with E-state index in [0.29, 0.717) is 0 Å². The zero-order valence-electron chi connectivity index (χ0n) is 9.21. The Morgan fingerprint density at radius 1 is 1.47 bits per heavy atom. The molecule has 1 aromatic rings. The normalized spacial score (nSPS) is 11.7. The van der Waals surface area contributed by atoms with Crippen LogP contribution in [0.25, 0.3) is 0 Å². The second-order valence-corrected chi connectivity index (χ2v) is 3.33. The van der Waals surface area contributed by atoms with Crippen LogP contribution in [0, 0.1) is 11.3 Å². The molecule has 0 aromatic heterocycles. The van der Waals surface area contributed by atoms with Crippen LogP contribution in [0.15, 0.2) is 12.1 Å². The van der Waals surface area contributed by atoms with Crippen molar-refractivity contribution in [1.82, 2.24) is 0 Å². The molecular weight excluding hydrogens is 264 g/mol. The third kappa shape index (κ3) is 3.23. The zero-order chi connectivity index (χ0) is 14.6. The number of ether oxygens (including phenoxy) is 1. The van der Waals surface area contributed by atoms with Crippen molar-refractivity contribution in [3.8, 4) is 11.8 Å². The highest BCUT2D eigenvalue weighted by atomic mass is 19.3. The van der Waals surface area contributed by atoms with E-state index in [9.17, 15) is 23.5 Å². The fraction of sp³-hybridized carbons (Fsp3) is 0.182. The molecule has 1 rings (SSSR count). The molecule has 1 unspecified atom stereocenters. The Bertz CT molecular complexity index is 553. The van der Waals surface area contributed by atoms with E-state index in [-0.39, 0.29) is 11.8 Å². The molecule has 0 bridgehead atoms. The van der Waals surface area contributed by atoms with Crippen molar-refractivity contribution in [3.05, 3.63) is 28.8 Å². The Labute approximate surface area is 105 Å². The van der Waals surface area contributed by atoms with Gasteiger partial charge in [-0.25, -0.2) is 4.79 Å². The van der Waals surface area contributed by atoms with Gasteiger partial charge in [-0.05, 0) is 12.1 Å². The number of aliphatic hydroxyl groups excluding tert-OH is 1. The Morgan fingerprint density at radius 3 is 2.53 bits per heavy atom. The van der Waals surface area contributed by atoms with E-state index in [2.05, 4.69) is 4.74 Å². The fourth-order valence-corrected chi connectivity index (χ4v) is 1.41. The number of rotatable bonds is 5. The van der Waals surface area contributed by atoms with Gasteiger partial charge in [-0.3, -0.25) is 4.79 Å². The van der Waals surface area contributed by atoms with Crippen molar-refractivity contribution in [2.24, 2.45) is 0 Å². The van der Waals surface area contributed by atoms with E-state index in [1.165, 1.54) is 6.07 Å².